The van der Waals surface area contributed by atoms with Crippen molar-refractivity contribution >= 4 is 23.7 Å². The Balaban J connectivity index is 2.38. The molecule has 3 nitrogen and oxygen atoms in total. The van der Waals surface area contributed by atoms with Crippen LogP contribution in [0, 0.1) is 0 Å². The van der Waals surface area contributed by atoms with Crippen molar-refractivity contribution in [3.63, 3.8) is 0 Å². The summed E-state index contributed by atoms with van der Waals surface area (Å²) >= 11 is 4.58. The third kappa shape index (κ3) is 1.07. The molecule has 3 rings (SSSR count). The number of aryl methyl sites for hydroxylation is 1. The molecule has 1 atom stereocenters. The third-order valence-corrected chi connectivity index (χ3v) is 3.32. The van der Waals surface area contributed by atoms with Crippen LogP contribution in [-0.4, -0.2) is 15.0 Å². The Kier molecular flexibility index (Phi) is 1.77. The van der Waals surface area contributed by atoms with Crippen LogP contribution in [0.5, 0.6) is 0 Å². The first-order chi connectivity index (χ1) is 6.86. The van der Waals surface area contributed by atoms with Gasteiger partial charge in [0.2, 0.25) is 0 Å². The number of hydrogen-bond donors (Lipinski definition) is 2. The van der Waals surface area contributed by atoms with Gasteiger partial charge in [-0.2, -0.15) is 12.6 Å². The van der Waals surface area contributed by atoms with Crippen molar-refractivity contribution in [3.05, 3.63) is 23.8 Å². The van der Waals surface area contributed by atoms with Gasteiger partial charge in [-0.15, -0.1) is 0 Å². The van der Waals surface area contributed by atoms with Gasteiger partial charge < -0.3 is 4.98 Å². The van der Waals surface area contributed by atoms with Crippen LogP contribution in [0.4, 0.5) is 0 Å². The summed E-state index contributed by atoms with van der Waals surface area (Å²) in [6, 6.07) is 0. The summed E-state index contributed by atoms with van der Waals surface area (Å²) in [5, 5.41) is 1.46. The Bertz CT molecular complexity index is 477. The van der Waals surface area contributed by atoms with E-state index >= 15 is 0 Å². The molecule has 2 aromatic rings. The molecule has 0 fully saturated rings. The molecule has 0 amide bonds. The highest BCUT2D eigenvalue weighted by Crippen LogP contribution is 2.34. The molecule has 2 heterocycles. The molecule has 1 N–H and O–H groups in total. The maximum atomic E-state index is 4.58. The molecule has 0 saturated heterocycles. The molecular formula is C10H11N3S. The van der Waals surface area contributed by atoms with E-state index in [-0.39, 0.29) is 5.25 Å². The number of thiol groups is 1. The maximum Gasteiger partial charge on any atom is 0.141 e. The van der Waals surface area contributed by atoms with Gasteiger partial charge in [-0.25, -0.2) is 9.97 Å². The number of aromatic amines is 1. The van der Waals surface area contributed by atoms with E-state index in [9.17, 15) is 0 Å². The van der Waals surface area contributed by atoms with E-state index in [1.807, 2.05) is 0 Å². The van der Waals surface area contributed by atoms with Gasteiger partial charge in [0.15, 0.2) is 0 Å². The quantitative estimate of drug-likeness (QED) is 0.648. The number of aromatic nitrogens is 3. The van der Waals surface area contributed by atoms with Crippen molar-refractivity contribution in [2.45, 2.75) is 24.5 Å². The summed E-state index contributed by atoms with van der Waals surface area (Å²) in [6.07, 6.45) is 7.06. The monoisotopic (exact) mass is 205 g/mol. The molecular weight excluding hydrogens is 194 g/mol. The van der Waals surface area contributed by atoms with E-state index < -0.39 is 0 Å². The van der Waals surface area contributed by atoms with Crippen LogP contribution in [0.3, 0.4) is 0 Å². The van der Waals surface area contributed by atoms with Crippen LogP contribution in [-0.2, 0) is 6.42 Å². The fourth-order valence-corrected chi connectivity index (χ4v) is 2.50. The normalized spacial score (nSPS) is 21.1. The summed E-state index contributed by atoms with van der Waals surface area (Å²) in [5.74, 6) is 0. The molecule has 0 spiro atoms. The second kappa shape index (κ2) is 2.98. The first-order valence-corrected chi connectivity index (χ1v) is 5.37. The number of nitrogens with zero attached hydrogens (tertiary/aromatic N) is 2. The highest BCUT2D eigenvalue weighted by molar-refractivity contribution is 7.80. The molecule has 2 aromatic heterocycles. The van der Waals surface area contributed by atoms with Gasteiger partial charge in [-0.05, 0) is 24.8 Å². The minimum Gasteiger partial charge on any atom is -0.346 e. The average molecular weight is 205 g/mol. The zero-order valence-electron chi connectivity index (χ0n) is 7.70. The fourth-order valence-electron chi connectivity index (χ4n) is 2.13. The van der Waals surface area contributed by atoms with E-state index in [0.29, 0.717) is 0 Å². The largest absolute Gasteiger partial charge is 0.346 e. The van der Waals surface area contributed by atoms with Gasteiger partial charge in [0, 0.05) is 16.8 Å². The van der Waals surface area contributed by atoms with Gasteiger partial charge in [-0.3, -0.25) is 0 Å². The molecule has 4 heteroatoms. The highest BCUT2D eigenvalue weighted by atomic mass is 32.1. The van der Waals surface area contributed by atoms with Crippen molar-refractivity contribution in [1.29, 1.82) is 0 Å². The van der Waals surface area contributed by atoms with Crippen molar-refractivity contribution in [1.82, 2.24) is 15.0 Å². The van der Waals surface area contributed by atoms with Gasteiger partial charge >= 0.3 is 0 Å². The Hall–Kier alpha value is -1.03. The highest BCUT2D eigenvalue weighted by Gasteiger charge is 2.19. The van der Waals surface area contributed by atoms with Gasteiger partial charge in [0.25, 0.3) is 0 Å². The van der Waals surface area contributed by atoms with Crippen molar-refractivity contribution < 1.29 is 0 Å². The molecule has 0 radical (unpaired) electrons. The molecule has 0 aliphatic heterocycles. The molecule has 1 aliphatic rings. The van der Waals surface area contributed by atoms with Crippen LogP contribution in [0.15, 0.2) is 12.5 Å². The fraction of sp³-hybridized carbons (Fsp3) is 0.400. The van der Waals surface area contributed by atoms with Crippen LogP contribution < -0.4 is 0 Å². The maximum absolute atomic E-state index is 4.58. The lowest BCUT2D eigenvalue weighted by molar-refractivity contribution is 0.731. The lowest BCUT2D eigenvalue weighted by atomic mass is 10.1. The average Bonchev–Trinajstić information content (AvgIpc) is 2.53. The molecule has 1 aliphatic carbocycles. The van der Waals surface area contributed by atoms with E-state index in [1.165, 1.54) is 17.4 Å². The lowest BCUT2D eigenvalue weighted by Gasteiger charge is -2.06. The number of rotatable bonds is 0. The molecule has 0 saturated carbocycles. The second-order valence-corrected chi connectivity index (χ2v) is 4.33. The summed E-state index contributed by atoms with van der Waals surface area (Å²) in [4.78, 5) is 11.7. The summed E-state index contributed by atoms with van der Waals surface area (Å²) < 4.78 is 0. The standard InChI is InChI=1S/C10H11N3S/c14-7-3-1-2-6-4-11-10-8(6)9(7)12-5-13-10/h4-5,7,14H,1-3H2,(H,11,12,13). The Morgan fingerprint density at radius 2 is 2.36 bits per heavy atom. The second-order valence-electron chi connectivity index (χ2n) is 3.70. The first kappa shape index (κ1) is 8.29. The van der Waals surface area contributed by atoms with E-state index in [0.717, 1.165) is 24.2 Å². The Morgan fingerprint density at radius 1 is 1.43 bits per heavy atom. The summed E-state index contributed by atoms with van der Waals surface area (Å²) in [5.41, 5.74) is 3.38. The first-order valence-electron chi connectivity index (χ1n) is 4.85. The predicted octanol–water partition coefficient (Wildman–Crippen LogP) is 2.27. The molecule has 1 unspecified atom stereocenters. The van der Waals surface area contributed by atoms with Gasteiger partial charge in [-0.1, -0.05) is 0 Å². The summed E-state index contributed by atoms with van der Waals surface area (Å²) in [7, 11) is 0. The minimum absolute atomic E-state index is 0.262. The minimum atomic E-state index is 0.262. The zero-order valence-corrected chi connectivity index (χ0v) is 8.59. The van der Waals surface area contributed by atoms with Gasteiger partial charge in [0.1, 0.15) is 12.0 Å². The third-order valence-electron chi connectivity index (χ3n) is 2.82. The zero-order chi connectivity index (χ0) is 9.54. The predicted molar refractivity (Wildman–Crippen MR) is 58.6 cm³/mol. The van der Waals surface area contributed by atoms with E-state index in [1.54, 1.807) is 6.33 Å². The van der Waals surface area contributed by atoms with E-state index in [4.69, 9.17) is 0 Å². The topological polar surface area (TPSA) is 41.6 Å². The SMILES string of the molecule is SC1CCCc2c[nH]c3ncnc1c23. The van der Waals surface area contributed by atoms with Crippen molar-refractivity contribution in [2.24, 2.45) is 0 Å². The Morgan fingerprint density at radius 3 is 3.29 bits per heavy atom. The number of hydrogen-bond acceptors (Lipinski definition) is 3. The summed E-state index contributed by atoms with van der Waals surface area (Å²) in [6.45, 7) is 0. The van der Waals surface area contributed by atoms with Crippen LogP contribution in [0.1, 0.15) is 29.3 Å². The molecule has 72 valence electrons. The van der Waals surface area contributed by atoms with Gasteiger partial charge in [0.05, 0.1) is 5.69 Å². The lowest BCUT2D eigenvalue weighted by Crippen LogP contribution is -1.94. The number of nitrogens with one attached hydrogen (secondary N) is 1. The van der Waals surface area contributed by atoms with Crippen LogP contribution >= 0.6 is 12.6 Å². The molecule has 0 bridgehead atoms. The van der Waals surface area contributed by atoms with Crippen LogP contribution in [0.25, 0.3) is 11.0 Å². The number of H-pyrrole nitrogens is 1. The van der Waals surface area contributed by atoms with Crippen molar-refractivity contribution in [2.75, 3.05) is 0 Å². The molecule has 0 aromatic carbocycles. The Labute approximate surface area is 87.4 Å². The van der Waals surface area contributed by atoms with Crippen LogP contribution in [0.2, 0.25) is 0 Å². The van der Waals surface area contributed by atoms with E-state index in [2.05, 4.69) is 33.8 Å². The molecule has 14 heavy (non-hydrogen) atoms. The smallest absolute Gasteiger partial charge is 0.141 e. The van der Waals surface area contributed by atoms with Crippen molar-refractivity contribution in [3.8, 4) is 0 Å².